The first-order chi connectivity index (χ1) is 9.19. The molecular formula is C13H16N4O2. The van der Waals surface area contributed by atoms with Crippen molar-refractivity contribution in [2.24, 2.45) is 0 Å². The topological polar surface area (TPSA) is 80.0 Å². The van der Waals surface area contributed by atoms with Gasteiger partial charge < -0.3 is 15.1 Å². The summed E-state index contributed by atoms with van der Waals surface area (Å²) >= 11 is 0. The highest BCUT2D eigenvalue weighted by Crippen LogP contribution is 2.05. The van der Waals surface area contributed by atoms with Crippen molar-refractivity contribution in [1.29, 1.82) is 0 Å². The van der Waals surface area contributed by atoms with Gasteiger partial charge in [0.1, 0.15) is 17.3 Å². The van der Waals surface area contributed by atoms with Gasteiger partial charge in [0.05, 0.1) is 18.7 Å². The number of anilines is 1. The van der Waals surface area contributed by atoms with E-state index in [1.807, 2.05) is 19.1 Å². The number of rotatable bonds is 5. The smallest absolute Gasteiger partial charge is 0.271 e. The molecule has 0 radical (unpaired) electrons. The third kappa shape index (κ3) is 3.54. The van der Waals surface area contributed by atoms with Crippen LogP contribution in [0.5, 0.6) is 0 Å². The van der Waals surface area contributed by atoms with Crippen LogP contribution in [0, 0.1) is 0 Å². The Morgan fingerprint density at radius 1 is 1.42 bits per heavy atom. The minimum absolute atomic E-state index is 0.0376. The molecule has 6 nitrogen and oxygen atoms in total. The van der Waals surface area contributed by atoms with E-state index in [1.54, 1.807) is 13.3 Å². The van der Waals surface area contributed by atoms with E-state index in [0.717, 1.165) is 5.76 Å². The molecule has 0 fully saturated rings. The van der Waals surface area contributed by atoms with Crippen LogP contribution >= 0.6 is 0 Å². The van der Waals surface area contributed by atoms with Crippen molar-refractivity contribution >= 4 is 11.7 Å². The maximum Gasteiger partial charge on any atom is 0.271 e. The number of hydrogen-bond donors (Lipinski definition) is 2. The number of nitrogens with zero attached hydrogens (tertiary/aromatic N) is 2. The molecule has 1 amide bonds. The van der Waals surface area contributed by atoms with E-state index in [9.17, 15) is 4.79 Å². The highest BCUT2D eigenvalue weighted by atomic mass is 16.3. The standard InChI is InChI=1S/C13H16N4O2/c1-9(6-10-4-3-5-19-10)17-13(18)11-7-16-12(14-2)8-15-11/h3-5,7-9H,6H2,1-2H3,(H,14,16)(H,17,18). The van der Waals surface area contributed by atoms with Crippen molar-refractivity contribution in [1.82, 2.24) is 15.3 Å². The first-order valence-electron chi connectivity index (χ1n) is 6.02. The number of hydrogen-bond acceptors (Lipinski definition) is 5. The van der Waals surface area contributed by atoms with Crippen LogP contribution in [0.25, 0.3) is 0 Å². The second kappa shape index (κ2) is 5.99. The summed E-state index contributed by atoms with van der Waals surface area (Å²) in [6.45, 7) is 1.91. The fourth-order valence-electron chi connectivity index (χ4n) is 1.65. The van der Waals surface area contributed by atoms with Gasteiger partial charge >= 0.3 is 0 Å². The Balaban J connectivity index is 1.92. The minimum atomic E-state index is -0.241. The van der Waals surface area contributed by atoms with Gasteiger partial charge in [-0.05, 0) is 19.1 Å². The van der Waals surface area contributed by atoms with Gasteiger partial charge in [-0.1, -0.05) is 0 Å². The average molecular weight is 260 g/mol. The SMILES string of the molecule is CNc1cnc(C(=O)NC(C)Cc2ccco2)cn1. The zero-order chi connectivity index (χ0) is 13.7. The molecule has 2 aromatic rings. The van der Waals surface area contributed by atoms with Crippen molar-refractivity contribution in [2.45, 2.75) is 19.4 Å². The Labute approximate surface area is 111 Å². The quantitative estimate of drug-likeness (QED) is 0.851. The van der Waals surface area contributed by atoms with Crippen molar-refractivity contribution in [3.8, 4) is 0 Å². The Morgan fingerprint density at radius 2 is 2.26 bits per heavy atom. The van der Waals surface area contributed by atoms with Crippen LogP contribution < -0.4 is 10.6 Å². The molecule has 0 bridgehead atoms. The van der Waals surface area contributed by atoms with E-state index >= 15 is 0 Å². The van der Waals surface area contributed by atoms with E-state index in [4.69, 9.17) is 4.42 Å². The van der Waals surface area contributed by atoms with Crippen LogP contribution in [0.2, 0.25) is 0 Å². The molecule has 1 unspecified atom stereocenters. The first-order valence-corrected chi connectivity index (χ1v) is 6.02. The number of aromatic nitrogens is 2. The molecule has 0 aliphatic carbocycles. The van der Waals surface area contributed by atoms with E-state index in [1.165, 1.54) is 12.4 Å². The predicted octanol–water partition coefficient (Wildman–Crippen LogP) is 1.47. The molecule has 0 aliphatic heterocycles. The second-order valence-corrected chi connectivity index (χ2v) is 4.19. The third-order valence-corrected chi connectivity index (χ3v) is 2.61. The van der Waals surface area contributed by atoms with E-state index < -0.39 is 0 Å². The van der Waals surface area contributed by atoms with E-state index in [0.29, 0.717) is 17.9 Å². The number of furan rings is 1. The molecule has 0 aliphatic rings. The Bertz CT molecular complexity index is 522. The fraction of sp³-hybridized carbons (Fsp3) is 0.308. The summed E-state index contributed by atoms with van der Waals surface area (Å²) < 4.78 is 5.23. The summed E-state index contributed by atoms with van der Waals surface area (Å²) in [5.41, 5.74) is 0.297. The van der Waals surface area contributed by atoms with Gasteiger partial charge in [0.15, 0.2) is 0 Å². The van der Waals surface area contributed by atoms with E-state index in [-0.39, 0.29) is 11.9 Å². The molecule has 0 spiro atoms. The van der Waals surface area contributed by atoms with Crippen molar-refractivity contribution in [2.75, 3.05) is 12.4 Å². The highest BCUT2D eigenvalue weighted by molar-refractivity contribution is 5.92. The maximum absolute atomic E-state index is 11.9. The fourth-order valence-corrected chi connectivity index (χ4v) is 1.65. The summed E-state index contributed by atoms with van der Waals surface area (Å²) in [6, 6.07) is 3.67. The van der Waals surface area contributed by atoms with Gasteiger partial charge in [0.2, 0.25) is 0 Å². The lowest BCUT2D eigenvalue weighted by molar-refractivity contribution is 0.0934. The van der Waals surface area contributed by atoms with Crippen molar-refractivity contribution < 1.29 is 9.21 Å². The lowest BCUT2D eigenvalue weighted by atomic mass is 10.2. The molecule has 0 aromatic carbocycles. The van der Waals surface area contributed by atoms with Crippen LogP contribution in [-0.2, 0) is 6.42 Å². The number of carbonyl (C=O) groups excluding carboxylic acids is 1. The molecule has 2 N–H and O–H groups in total. The second-order valence-electron chi connectivity index (χ2n) is 4.19. The molecule has 100 valence electrons. The van der Waals surface area contributed by atoms with Crippen LogP contribution in [-0.4, -0.2) is 29.0 Å². The molecular weight excluding hydrogens is 244 g/mol. The molecule has 2 rings (SSSR count). The highest BCUT2D eigenvalue weighted by Gasteiger charge is 2.12. The van der Waals surface area contributed by atoms with Crippen LogP contribution in [0.15, 0.2) is 35.2 Å². The van der Waals surface area contributed by atoms with Crippen molar-refractivity contribution in [3.63, 3.8) is 0 Å². The van der Waals surface area contributed by atoms with E-state index in [2.05, 4.69) is 20.6 Å². The van der Waals surface area contributed by atoms with Gasteiger partial charge in [-0.3, -0.25) is 4.79 Å². The number of amides is 1. The minimum Gasteiger partial charge on any atom is -0.469 e. The Kier molecular flexibility index (Phi) is 4.12. The van der Waals surface area contributed by atoms with Crippen LogP contribution in [0.3, 0.4) is 0 Å². The average Bonchev–Trinajstić information content (AvgIpc) is 2.91. The largest absolute Gasteiger partial charge is 0.469 e. The molecule has 2 aromatic heterocycles. The Hall–Kier alpha value is -2.37. The predicted molar refractivity (Wildman–Crippen MR) is 70.9 cm³/mol. The number of carbonyl (C=O) groups is 1. The molecule has 2 heterocycles. The number of nitrogens with one attached hydrogen (secondary N) is 2. The normalized spacial score (nSPS) is 11.9. The van der Waals surface area contributed by atoms with Crippen LogP contribution in [0.4, 0.5) is 5.82 Å². The third-order valence-electron chi connectivity index (χ3n) is 2.61. The monoisotopic (exact) mass is 260 g/mol. The molecule has 0 saturated carbocycles. The summed E-state index contributed by atoms with van der Waals surface area (Å²) in [7, 11) is 1.75. The Morgan fingerprint density at radius 3 is 2.84 bits per heavy atom. The summed E-state index contributed by atoms with van der Waals surface area (Å²) in [4.78, 5) is 20.0. The van der Waals surface area contributed by atoms with Crippen LogP contribution in [0.1, 0.15) is 23.2 Å². The summed E-state index contributed by atoms with van der Waals surface area (Å²) in [5, 5.41) is 5.70. The lowest BCUT2D eigenvalue weighted by Crippen LogP contribution is -2.34. The first kappa shape index (κ1) is 13.1. The maximum atomic E-state index is 11.9. The summed E-state index contributed by atoms with van der Waals surface area (Å²) in [5.74, 6) is 1.22. The molecule has 19 heavy (non-hydrogen) atoms. The van der Waals surface area contributed by atoms with Gasteiger partial charge in [-0.2, -0.15) is 0 Å². The lowest BCUT2D eigenvalue weighted by Gasteiger charge is -2.12. The zero-order valence-corrected chi connectivity index (χ0v) is 10.9. The molecule has 6 heteroatoms. The van der Waals surface area contributed by atoms with Crippen molar-refractivity contribution in [3.05, 3.63) is 42.2 Å². The van der Waals surface area contributed by atoms with Gasteiger partial charge in [0.25, 0.3) is 5.91 Å². The van der Waals surface area contributed by atoms with Gasteiger partial charge in [-0.25, -0.2) is 9.97 Å². The molecule has 0 saturated heterocycles. The van der Waals surface area contributed by atoms with Gasteiger partial charge in [0, 0.05) is 19.5 Å². The van der Waals surface area contributed by atoms with Gasteiger partial charge in [-0.15, -0.1) is 0 Å². The zero-order valence-electron chi connectivity index (χ0n) is 10.9. The summed E-state index contributed by atoms with van der Waals surface area (Å²) in [6.07, 6.45) is 5.22. The molecule has 1 atom stereocenters.